The molecule has 0 aliphatic carbocycles. The molecule has 3 aromatic rings. The Morgan fingerprint density at radius 1 is 1.04 bits per heavy atom. The molecule has 2 aliphatic rings. The van der Waals surface area contributed by atoms with E-state index in [0.29, 0.717) is 23.0 Å². The Morgan fingerprint density at radius 2 is 1.85 bits per heavy atom. The number of carbonyl (C=O) groups is 1. The Balaban J connectivity index is 1.28. The Labute approximate surface area is 157 Å². The molecule has 3 heterocycles. The summed E-state index contributed by atoms with van der Waals surface area (Å²) in [5.74, 6) is 1.90. The molecule has 2 aromatic carbocycles. The standard InChI is InChI=1S/C22H22N2O3/c1-14-2-4-18-17(10-14)11-19(23-18)15-6-8-24(9-7-15)22(25)16-3-5-20-21(12-16)27-13-26-20/h2-5,10-12,15,23H,6-9,13H2,1H3. The van der Waals surface area contributed by atoms with Gasteiger partial charge >= 0.3 is 0 Å². The molecule has 5 heteroatoms. The number of amides is 1. The van der Waals surface area contributed by atoms with Gasteiger partial charge in [-0.1, -0.05) is 11.6 Å². The average molecular weight is 362 g/mol. The van der Waals surface area contributed by atoms with Crippen molar-refractivity contribution in [2.24, 2.45) is 0 Å². The molecular weight excluding hydrogens is 340 g/mol. The zero-order valence-corrected chi connectivity index (χ0v) is 15.3. The fraction of sp³-hybridized carbons (Fsp3) is 0.318. The van der Waals surface area contributed by atoms with Gasteiger partial charge in [-0.15, -0.1) is 0 Å². The number of ether oxygens (including phenoxy) is 2. The van der Waals surface area contributed by atoms with Crippen LogP contribution in [0.15, 0.2) is 42.5 Å². The van der Waals surface area contributed by atoms with Crippen molar-refractivity contribution in [3.63, 3.8) is 0 Å². The number of H-pyrrole nitrogens is 1. The zero-order valence-electron chi connectivity index (χ0n) is 15.3. The number of rotatable bonds is 2. The number of hydrogen-bond donors (Lipinski definition) is 1. The number of hydrogen-bond acceptors (Lipinski definition) is 3. The van der Waals surface area contributed by atoms with Gasteiger partial charge in [-0.25, -0.2) is 0 Å². The van der Waals surface area contributed by atoms with E-state index < -0.39 is 0 Å². The first-order valence-electron chi connectivity index (χ1n) is 9.45. The van der Waals surface area contributed by atoms with Crippen LogP contribution in [0.4, 0.5) is 0 Å². The lowest BCUT2D eigenvalue weighted by Gasteiger charge is -2.31. The van der Waals surface area contributed by atoms with Crippen LogP contribution in [0, 0.1) is 6.92 Å². The van der Waals surface area contributed by atoms with Gasteiger partial charge in [0.1, 0.15) is 0 Å². The fourth-order valence-corrected chi connectivity index (χ4v) is 4.10. The molecule has 0 bridgehead atoms. The van der Waals surface area contributed by atoms with Gasteiger partial charge in [0.05, 0.1) is 0 Å². The summed E-state index contributed by atoms with van der Waals surface area (Å²) in [6.45, 7) is 3.88. The topological polar surface area (TPSA) is 54.6 Å². The van der Waals surface area contributed by atoms with Gasteiger partial charge in [0.15, 0.2) is 11.5 Å². The van der Waals surface area contributed by atoms with Gasteiger partial charge < -0.3 is 19.4 Å². The second kappa shape index (κ2) is 6.34. The number of aryl methyl sites for hydroxylation is 1. The second-order valence-corrected chi connectivity index (χ2v) is 7.45. The molecule has 2 aliphatic heterocycles. The molecule has 0 atom stereocenters. The van der Waals surface area contributed by atoms with Crippen molar-refractivity contribution in [2.45, 2.75) is 25.7 Å². The minimum Gasteiger partial charge on any atom is -0.454 e. The highest BCUT2D eigenvalue weighted by Gasteiger charge is 2.26. The van der Waals surface area contributed by atoms with Gasteiger partial charge in [0, 0.05) is 35.8 Å². The average Bonchev–Trinajstić information content (AvgIpc) is 3.33. The van der Waals surface area contributed by atoms with Gasteiger partial charge in [-0.3, -0.25) is 4.79 Å². The SMILES string of the molecule is Cc1ccc2[nH]c(C3CCN(C(=O)c4ccc5c(c4)OCO5)CC3)cc2c1. The summed E-state index contributed by atoms with van der Waals surface area (Å²) in [5.41, 5.74) is 4.41. The van der Waals surface area contributed by atoms with Crippen LogP contribution in [0.3, 0.4) is 0 Å². The molecule has 5 rings (SSSR count). The third-order valence-electron chi connectivity index (χ3n) is 5.64. The number of aromatic nitrogens is 1. The van der Waals surface area contributed by atoms with E-state index in [9.17, 15) is 4.79 Å². The summed E-state index contributed by atoms with van der Waals surface area (Å²) in [6.07, 6.45) is 1.95. The van der Waals surface area contributed by atoms with Crippen LogP contribution in [-0.2, 0) is 0 Å². The van der Waals surface area contributed by atoms with Crippen molar-refractivity contribution < 1.29 is 14.3 Å². The Hall–Kier alpha value is -2.95. The number of aromatic amines is 1. The van der Waals surface area contributed by atoms with Crippen LogP contribution in [-0.4, -0.2) is 35.7 Å². The first kappa shape index (κ1) is 16.2. The Bertz CT molecular complexity index is 1020. The molecule has 5 nitrogen and oxygen atoms in total. The van der Waals surface area contributed by atoms with E-state index >= 15 is 0 Å². The molecule has 1 aromatic heterocycles. The number of piperidine rings is 1. The summed E-state index contributed by atoms with van der Waals surface area (Å²) in [5, 5.41) is 1.27. The number of likely N-dealkylation sites (tertiary alicyclic amines) is 1. The van der Waals surface area contributed by atoms with Crippen LogP contribution in [0.1, 0.15) is 40.4 Å². The molecule has 1 amide bonds. The number of nitrogens with one attached hydrogen (secondary N) is 1. The molecule has 27 heavy (non-hydrogen) atoms. The van der Waals surface area contributed by atoms with Gasteiger partial charge in [-0.05, 0) is 61.5 Å². The summed E-state index contributed by atoms with van der Waals surface area (Å²) in [7, 11) is 0. The molecule has 0 radical (unpaired) electrons. The number of benzene rings is 2. The van der Waals surface area contributed by atoms with Crippen LogP contribution in [0.5, 0.6) is 11.5 Å². The van der Waals surface area contributed by atoms with Crippen molar-refractivity contribution in [2.75, 3.05) is 19.9 Å². The Kier molecular flexibility index (Phi) is 3.81. The summed E-state index contributed by atoms with van der Waals surface area (Å²) < 4.78 is 10.7. The van der Waals surface area contributed by atoms with Crippen molar-refractivity contribution in [3.05, 3.63) is 59.3 Å². The zero-order chi connectivity index (χ0) is 18.4. The molecule has 1 fully saturated rings. The number of fused-ring (bicyclic) bond motifs is 2. The van der Waals surface area contributed by atoms with Crippen molar-refractivity contribution in [1.82, 2.24) is 9.88 Å². The van der Waals surface area contributed by atoms with Crippen LogP contribution in [0.25, 0.3) is 10.9 Å². The highest BCUT2D eigenvalue weighted by atomic mass is 16.7. The van der Waals surface area contributed by atoms with Gasteiger partial charge in [0.2, 0.25) is 6.79 Å². The molecule has 0 unspecified atom stereocenters. The van der Waals surface area contributed by atoms with Crippen molar-refractivity contribution >= 4 is 16.8 Å². The van der Waals surface area contributed by atoms with Crippen LogP contribution < -0.4 is 9.47 Å². The van der Waals surface area contributed by atoms with E-state index in [2.05, 4.69) is 36.2 Å². The number of carbonyl (C=O) groups excluding carboxylic acids is 1. The van der Waals surface area contributed by atoms with Crippen molar-refractivity contribution in [1.29, 1.82) is 0 Å². The largest absolute Gasteiger partial charge is 0.454 e. The fourth-order valence-electron chi connectivity index (χ4n) is 4.10. The quantitative estimate of drug-likeness (QED) is 0.742. The maximum atomic E-state index is 12.8. The predicted octanol–water partition coefficient (Wildman–Crippen LogP) is 4.22. The van der Waals surface area contributed by atoms with Crippen LogP contribution in [0.2, 0.25) is 0 Å². The number of nitrogens with zero attached hydrogens (tertiary/aromatic N) is 1. The predicted molar refractivity (Wildman–Crippen MR) is 103 cm³/mol. The van der Waals surface area contributed by atoms with E-state index in [0.717, 1.165) is 25.9 Å². The molecule has 138 valence electrons. The van der Waals surface area contributed by atoms with E-state index in [-0.39, 0.29) is 12.7 Å². The summed E-state index contributed by atoms with van der Waals surface area (Å²) in [6, 6.07) is 14.2. The monoisotopic (exact) mass is 362 g/mol. The minimum absolute atomic E-state index is 0.0685. The molecular formula is C22H22N2O3. The van der Waals surface area contributed by atoms with E-state index in [1.807, 2.05) is 17.0 Å². The maximum absolute atomic E-state index is 12.8. The van der Waals surface area contributed by atoms with Gasteiger partial charge in [-0.2, -0.15) is 0 Å². The normalized spacial score (nSPS) is 16.9. The highest BCUT2D eigenvalue weighted by molar-refractivity contribution is 5.95. The van der Waals surface area contributed by atoms with Gasteiger partial charge in [0.25, 0.3) is 5.91 Å². The third kappa shape index (κ3) is 2.93. The molecule has 0 saturated carbocycles. The minimum atomic E-state index is 0.0685. The highest BCUT2D eigenvalue weighted by Crippen LogP contribution is 2.34. The summed E-state index contributed by atoms with van der Waals surface area (Å²) >= 11 is 0. The Morgan fingerprint density at radius 3 is 2.70 bits per heavy atom. The first-order valence-corrected chi connectivity index (χ1v) is 9.45. The molecule has 0 spiro atoms. The van der Waals surface area contributed by atoms with Crippen LogP contribution >= 0.6 is 0 Å². The maximum Gasteiger partial charge on any atom is 0.253 e. The third-order valence-corrected chi connectivity index (χ3v) is 5.64. The molecule has 1 saturated heterocycles. The molecule has 1 N–H and O–H groups in total. The smallest absolute Gasteiger partial charge is 0.253 e. The van der Waals surface area contributed by atoms with E-state index in [1.165, 1.54) is 22.2 Å². The lowest BCUT2D eigenvalue weighted by atomic mass is 9.93. The first-order chi connectivity index (χ1) is 13.2. The summed E-state index contributed by atoms with van der Waals surface area (Å²) in [4.78, 5) is 18.4. The lowest BCUT2D eigenvalue weighted by molar-refractivity contribution is 0.0712. The van der Waals surface area contributed by atoms with E-state index in [4.69, 9.17) is 9.47 Å². The second-order valence-electron chi connectivity index (χ2n) is 7.45. The lowest BCUT2D eigenvalue weighted by Crippen LogP contribution is -2.37. The van der Waals surface area contributed by atoms with Crippen molar-refractivity contribution in [3.8, 4) is 11.5 Å². The van der Waals surface area contributed by atoms with E-state index in [1.54, 1.807) is 6.07 Å².